The Balaban J connectivity index is 1.60. The Hall–Kier alpha value is -2.68. The summed E-state index contributed by atoms with van der Waals surface area (Å²) in [6.07, 6.45) is 0.746. The molecule has 3 heterocycles. The van der Waals surface area contributed by atoms with Crippen molar-refractivity contribution in [1.29, 1.82) is 0 Å². The fourth-order valence-corrected chi connectivity index (χ4v) is 5.36. The first-order chi connectivity index (χ1) is 16.9. The smallest absolute Gasteiger partial charge is 0.295 e. The first kappa shape index (κ1) is 25.4. The molecule has 0 spiro atoms. The van der Waals surface area contributed by atoms with Gasteiger partial charge in [0.15, 0.2) is 0 Å². The van der Waals surface area contributed by atoms with E-state index < -0.39 is 17.7 Å². The van der Waals surface area contributed by atoms with Crippen LogP contribution in [0.15, 0.2) is 41.3 Å². The SMILES string of the molecule is Cc1cc(C(O)=C2C(=O)C(=O)N(CCCN3CCOCC3)C2c2cccs2)ccc1OCC(C)C. The highest BCUT2D eigenvalue weighted by molar-refractivity contribution is 7.10. The number of hydrogen-bond acceptors (Lipinski definition) is 7. The number of morpholine rings is 1. The van der Waals surface area contributed by atoms with Crippen molar-refractivity contribution in [2.24, 2.45) is 5.92 Å². The number of aliphatic hydroxyl groups is 1. The molecule has 4 rings (SSSR count). The van der Waals surface area contributed by atoms with E-state index in [1.807, 2.05) is 36.6 Å². The lowest BCUT2D eigenvalue weighted by Crippen LogP contribution is -2.38. The molecule has 1 N–H and O–H groups in total. The number of amides is 1. The molecule has 1 atom stereocenters. The van der Waals surface area contributed by atoms with Gasteiger partial charge in [-0.05, 0) is 54.5 Å². The van der Waals surface area contributed by atoms with Crippen molar-refractivity contribution in [3.8, 4) is 5.75 Å². The quantitative estimate of drug-likeness (QED) is 0.317. The summed E-state index contributed by atoms with van der Waals surface area (Å²) in [5.74, 6) is -0.192. The van der Waals surface area contributed by atoms with E-state index in [9.17, 15) is 14.7 Å². The Morgan fingerprint density at radius 2 is 1.97 bits per heavy atom. The second kappa shape index (κ2) is 11.4. The highest BCUT2D eigenvalue weighted by Gasteiger charge is 2.46. The number of ketones is 1. The summed E-state index contributed by atoms with van der Waals surface area (Å²) >= 11 is 1.48. The molecule has 1 aromatic heterocycles. The molecule has 8 heteroatoms. The third-order valence-corrected chi connectivity index (χ3v) is 7.27. The number of carbonyl (C=O) groups is 2. The van der Waals surface area contributed by atoms with Crippen molar-refractivity contribution < 1.29 is 24.2 Å². The number of likely N-dealkylation sites (tertiary alicyclic amines) is 1. The summed E-state index contributed by atoms with van der Waals surface area (Å²) < 4.78 is 11.3. The Labute approximate surface area is 210 Å². The topological polar surface area (TPSA) is 79.3 Å². The number of ether oxygens (including phenoxy) is 2. The molecule has 0 saturated carbocycles. The van der Waals surface area contributed by atoms with Gasteiger partial charge in [0, 0.05) is 36.6 Å². The number of nitrogens with zero attached hydrogens (tertiary/aromatic N) is 2. The van der Waals surface area contributed by atoms with Crippen molar-refractivity contribution in [3.63, 3.8) is 0 Å². The van der Waals surface area contributed by atoms with Crippen molar-refractivity contribution in [3.05, 3.63) is 57.3 Å². The summed E-state index contributed by atoms with van der Waals surface area (Å²) in [6.45, 7) is 11.2. The number of thiophene rings is 1. The fraction of sp³-hybridized carbons (Fsp3) is 0.481. The van der Waals surface area contributed by atoms with Crippen LogP contribution in [0.3, 0.4) is 0 Å². The van der Waals surface area contributed by atoms with Crippen molar-refractivity contribution in [1.82, 2.24) is 9.80 Å². The molecule has 1 amide bonds. The molecule has 0 radical (unpaired) electrons. The van der Waals surface area contributed by atoms with E-state index in [1.54, 1.807) is 11.0 Å². The third-order valence-electron chi connectivity index (χ3n) is 6.35. The minimum atomic E-state index is -0.634. The largest absolute Gasteiger partial charge is 0.507 e. The first-order valence-electron chi connectivity index (χ1n) is 12.2. The molecule has 1 unspecified atom stereocenters. The number of hydrogen-bond donors (Lipinski definition) is 1. The minimum Gasteiger partial charge on any atom is -0.507 e. The second-order valence-electron chi connectivity index (χ2n) is 9.50. The van der Waals surface area contributed by atoms with E-state index in [0.717, 1.165) is 55.5 Å². The maximum absolute atomic E-state index is 13.2. The Bertz CT molecular complexity index is 1070. The van der Waals surface area contributed by atoms with Gasteiger partial charge < -0.3 is 19.5 Å². The van der Waals surface area contributed by atoms with Gasteiger partial charge in [0.2, 0.25) is 0 Å². The number of rotatable bonds is 9. The molecule has 1 aromatic carbocycles. The van der Waals surface area contributed by atoms with Crippen LogP contribution in [-0.2, 0) is 14.3 Å². The molecule has 0 bridgehead atoms. The Morgan fingerprint density at radius 3 is 2.63 bits per heavy atom. The van der Waals surface area contributed by atoms with E-state index in [4.69, 9.17) is 9.47 Å². The van der Waals surface area contributed by atoms with Crippen LogP contribution in [0.4, 0.5) is 0 Å². The van der Waals surface area contributed by atoms with Gasteiger partial charge in [-0.2, -0.15) is 0 Å². The monoisotopic (exact) mass is 498 g/mol. The van der Waals surface area contributed by atoms with E-state index in [1.165, 1.54) is 11.3 Å². The van der Waals surface area contributed by atoms with E-state index >= 15 is 0 Å². The van der Waals surface area contributed by atoms with Crippen LogP contribution in [0.5, 0.6) is 5.75 Å². The first-order valence-corrected chi connectivity index (χ1v) is 13.1. The summed E-state index contributed by atoms with van der Waals surface area (Å²) in [4.78, 5) is 31.1. The summed E-state index contributed by atoms with van der Waals surface area (Å²) in [7, 11) is 0. The van der Waals surface area contributed by atoms with Crippen LogP contribution in [-0.4, -0.2) is 72.6 Å². The van der Waals surface area contributed by atoms with Gasteiger partial charge in [-0.25, -0.2) is 0 Å². The van der Waals surface area contributed by atoms with Crippen LogP contribution < -0.4 is 4.74 Å². The standard InChI is InChI=1S/C27H34N2O5S/c1-18(2)17-34-21-8-7-20(16-19(21)3)25(30)23-24(22-6-4-15-35-22)29(27(32)26(23)31)10-5-9-28-11-13-33-14-12-28/h4,6-8,15-16,18,24,30H,5,9-14,17H2,1-3H3. The van der Waals surface area contributed by atoms with Crippen LogP contribution in [0.25, 0.3) is 5.76 Å². The number of aliphatic hydroxyl groups excluding tert-OH is 1. The molecular weight excluding hydrogens is 464 g/mol. The number of benzene rings is 1. The molecule has 2 fully saturated rings. The molecule has 2 aliphatic rings. The van der Waals surface area contributed by atoms with Gasteiger partial charge in [0.1, 0.15) is 11.5 Å². The summed E-state index contributed by atoms with van der Waals surface area (Å²) in [6, 6.07) is 8.59. The van der Waals surface area contributed by atoms with E-state index in [2.05, 4.69) is 18.7 Å². The zero-order valence-corrected chi connectivity index (χ0v) is 21.5. The lowest BCUT2D eigenvalue weighted by Gasteiger charge is -2.28. The molecule has 2 aliphatic heterocycles. The molecule has 2 aromatic rings. The number of Topliss-reactive ketones (excluding diaryl/α,β-unsaturated/α-hetero) is 1. The van der Waals surface area contributed by atoms with Gasteiger partial charge in [0.05, 0.1) is 31.4 Å². The molecule has 0 aliphatic carbocycles. The number of carbonyl (C=O) groups excluding carboxylic acids is 2. The highest BCUT2D eigenvalue weighted by atomic mass is 32.1. The average Bonchev–Trinajstić information content (AvgIpc) is 3.46. The van der Waals surface area contributed by atoms with Gasteiger partial charge >= 0.3 is 0 Å². The van der Waals surface area contributed by atoms with Gasteiger partial charge in [-0.3, -0.25) is 14.5 Å². The summed E-state index contributed by atoms with van der Waals surface area (Å²) in [5, 5.41) is 13.2. The fourth-order valence-electron chi connectivity index (χ4n) is 4.51. The minimum absolute atomic E-state index is 0.143. The molecule has 2 saturated heterocycles. The summed E-state index contributed by atoms with van der Waals surface area (Å²) in [5.41, 5.74) is 1.52. The maximum atomic E-state index is 13.2. The van der Waals surface area contributed by atoms with Crippen LogP contribution in [0, 0.1) is 12.8 Å². The maximum Gasteiger partial charge on any atom is 0.295 e. The molecule has 188 valence electrons. The zero-order chi connectivity index (χ0) is 24.9. The predicted molar refractivity (Wildman–Crippen MR) is 137 cm³/mol. The van der Waals surface area contributed by atoms with Crippen LogP contribution in [0.1, 0.15) is 42.3 Å². The lowest BCUT2D eigenvalue weighted by atomic mass is 9.98. The average molecular weight is 499 g/mol. The Morgan fingerprint density at radius 1 is 1.20 bits per heavy atom. The van der Waals surface area contributed by atoms with Gasteiger partial charge in [-0.1, -0.05) is 19.9 Å². The normalized spacial score (nSPS) is 20.7. The third kappa shape index (κ3) is 5.77. The van der Waals surface area contributed by atoms with Gasteiger partial charge in [-0.15, -0.1) is 11.3 Å². The zero-order valence-electron chi connectivity index (χ0n) is 20.7. The van der Waals surface area contributed by atoms with Crippen LogP contribution >= 0.6 is 11.3 Å². The lowest BCUT2D eigenvalue weighted by molar-refractivity contribution is -0.140. The van der Waals surface area contributed by atoms with Crippen molar-refractivity contribution >= 4 is 28.8 Å². The molecule has 7 nitrogen and oxygen atoms in total. The van der Waals surface area contributed by atoms with Crippen molar-refractivity contribution in [2.75, 3.05) is 46.0 Å². The predicted octanol–water partition coefficient (Wildman–Crippen LogP) is 4.24. The van der Waals surface area contributed by atoms with E-state index in [0.29, 0.717) is 24.6 Å². The van der Waals surface area contributed by atoms with Gasteiger partial charge in [0.25, 0.3) is 11.7 Å². The number of aryl methyl sites for hydroxylation is 1. The van der Waals surface area contributed by atoms with E-state index in [-0.39, 0.29) is 11.3 Å². The second-order valence-corrected chi connectivity index (χ2v) is 10.5. The van der Waals surface area contributed by atoms with Crippen LogP contribution in [0.2, 0.25) is 0 Å². The highest BCUT2D eigenvalue weighted by Crippen LogP contribution is 2.41. The molecular formula is C27H34N2O5S. The Kier molecular flexibility index (Phi) is 8.26. The van der Waals surface area contributed by atoms with Crippen molar-refractivity contribution in [2.45, 2.75) is 33.2 Å². The molecule has 35 heavy (non-hydrogen) atoms.